The summed E-state index contributed by atoms with van der Waals surface area (Å²) in [5.74, 6) is 1.29. The van der Waals surface area contributed by atoms with E-state index in [1.165, 1.54) is 29.5 Å². The maximum absolute atomic E-state index is 6.30. The summed E-state index contributed by atoms with van der Waals surface area (Å²) in [4.78, 5) is 0. The second-order valence-corrected chi connectivity index (χ2v) is 5.41. The number of hydrogen-bond donors (Lipinski definition) is 0. The molecule has 0 amide bonds. The van der Waals surface area contributed by atoms with E-state index >= 15 is 0 Å². The lowest BCUT2D eigenvalue weighted by atomic mass is 9.86. The largest absolute Gasteiger partial charge is 0.123 e. The zero-order chi connectivity index (χ0) is 11.0. The van der Waals surface area contributed by atoms with Gasteiger partial charge in [-0.25, -0.2) is 0 Å². The molecule has 1 heteroatoms. The molecule has 2 rings (SSSR count). The molecule has 1 aromatic carbocycles. The van der Waals surface area contributed by atoms with Gasteiger partial charge in [0.1, 0.15) is 0 Å². The lowest BCUT2D eigenvalue weighted by Crippen LogP contribution is -2.10. The first-order chi connectivity index (χ1) is 7.11. The van der Waals surface area contributed by atoms with Crippen molar-refractivity contribution in [2.24, 2.45) is 5.92 Å². The third-order valence-electron chi connectivity index (χ3n) is 4.00. The van der Waals surface area contributed by atoms with Crippen molar-refractivity contribution in [3.63, 3.8) is 0 Å². The number of rotatable bonds is 1. The van der Waals surface area contributed by atoms with Gasteiger partial charge in [0.15, 0.2) is 0 Å². The van der Waals surface area contributed by atoms with Crippen LogP contribution in [0.15, 0.2) is 18.2 Å². The summed E-state index contributed by atoms with van der Waals surface area (Å²) in [5, 5.41) is 0.370. The van der Waals surface area contributed by atoms with Crippen molar-refractivity contribution >= 4 is 11.6 Å². The van der Waals surface area contributed by atoms with Crippen molar-refractivity contribution in [3.05, 3.63) is 34.9 Å². The van der Waals surface area contributed by atoms with Crippen molar-refractivity contribution in [2.75, 3.05) is 0 Å². The summed E-state index contributed by atoms with van der Waals surface area (Å²) in [6.45, 7) is 6.71. The monoisotopic (exact) mass is 222 g/mol. The minimum absolute atomic E-state index is 0.370. The van der Waals surface area contributed by atoms with Crippen molar-refractivity contribution < 1.29 is 0 Å². The zero-order valence-corrected chi connectivity index (χ0v) is 10.5. The highest BCUT2D eigenvalue weighted by molar-refractivity contribution is 6.21. The molecule has 1 aliphatic carbocycles. The summed E-state index contributed by atoms with van der Waals surface area (Å²) < 4.78 is 0. The molecule has 1 aromatic rings. The Morgan fingerprint density at radius 3 is 2.53 bits per heavy atom. The van der Waals surface area contributed by atoms with E-state index in [0.29, 0.717) is 17.2 Å². The first kappa shape index (κ1) is 11.0. The van der Waals surface area contributed by atoms with Gasteiger partial charge in [-0.3, -0.25) is 0 Å². The maximum atomic E-state index is 6.30. The molecule has 0 radical (unpaired) electrons. The Hall–Kier alpha value is -0.490. The predicted molar refractivity (Wildman–Crippen MR) is 66.7 cm³/mol. The summed E-state index contributed by atoms with van der Waals surface area (Å²) in [5.41, 5.74) is 4.38. The fraction of sp³-hybridized carbons (Fsp3) is 0.571. The molecule has 15 heavy (non-hydrogen) atoms. The Balaban J connectivity index is 2.34. The van der Waals surface area contributed by atoms with E-state index in [-0.39, 0.29) is 0 Å². The van der Waals surface area contributed by atoms with E-state index in [4.69, 9.17) is 11.6 Å². The molecule has 0 bridgehead atoms. The Bertz CT molecular complexity index is 356. The molecule has 82 valence electrons. The van der Waals surface area contributed by atoms with E-state index in [1.807, 2.05) is 0 Å². The molecule has 0 N–H and O–H groups in total. The van der Waals surface area contributed by atoms with Gasteiger partial charge in [0.25, 0.3) is 0 Å². The highest BCUT2D eigenvalue weighted by Crippen LogP contribution is 2.43. The summed E-state index contributed by atoms with van der Waals surface area (Å²) in [6.07, 6.45) is 2.42. The van der Waals surface area contributed by atoms with Crippen LogP contribution in [0.4, 0.5) is 0 Å². The van der Waals surface area contributed by atoms with Crippen LogP contribution in [0.25, 0.3) is 0 Å². The molecule has 0 aromatic heterocycles. The van der Waals surface area contributed by atoms with E-state index in [2.05, 4.69) is 39.0 Å². The molecule has 3 unspecified atom stereocenters. The Labute approximate surface area is 97.6 Å². The highest BCUT2D eigenvalue weighted by Gasteiger charge is 2.33. The fourth-order valence-electron chi connectivity index (χ4n) is 2.73. The normalized spacial score (nSPS) is 30.8. The molecular weight excluding hydrogens is 204 g/mol. The molecule has 3 atom stereocenters. The van der Waals surface area contributed by atoms with Gasteiger partial charge in [0.2, 0.25) is 0 Å². The first-order valence-electron chi connectivity index (χ1n) is 5.81. The van der Waals surface area contributed by atoms with Gasteiger partial charge >= 0.3 is 0 Å². The minimum Gasteiger partial charge on any atom is -0.123 e. The van der Waals surface area contributed by atoms with Crippen LogP contribution in [0, 0.1) is 19.8 Å². The van der Waals surface area contributed by atoms with Crippen LogP contribution in [-0.4, -0.2) is 5.38 Å². The maximum Gasteiger partial charge on any atom is 0.0367 e. The van der Waals surface area contributed by atoms with E-state index < -0.39 is 0 Å². The van der Waals surface area contributed by atoms with Gasteiger partial charge in [-0.2, -0.15) is 0 Å². The van der Waals surface area contributed by atoms with Crippen LogP contribution in [0.2, 0.25) is 0 Å². The predicted octanol–water partition coefficient (Wildman–Crippen LogP) is 4.42. The van der Waals surface area contributed by atoms with Crippen LogP contribution in [-0.2, 0) is 0 Å². The van der Waals surface area contributed by atoms with Crippen LogP contribution in [0.3, 0.4) is 0 Å². The van der Waals surface area contributed by atoms with E-state index in [9.17, 15) is 0 Å². The molecule has 1 fully saturated rings. The smallest absolute Gasteiger partial charge is 0.0367 e. The molecule has 0 saturated heterocycles. The third kappa shape index (κ3) is 1.92. The molecule has 1 saturated carbocycles. The van der Waals surface area contributed by atoms with Crippen LogP contribution < -0.4 is 0 Å². The molecule has 0 heterocycles. The summed E-state index contributed by atoms with van der Waals surface area (Å²) in [6, 6.07) is 6.64. The van der Waals surface area contributed by atoms with Crippen LogP contribution in [0.5, 0.6) is 0 Å². The standard InChI is InChI=1S/C14H19Cl/c1-9-5-4-6-12(10(9)2)13-7-8-14(15)11(13)3/h4-6,11,13-14H,7-8H2,1-3H3. The molecule has 0 nitrogen and oxygen atoms in total. The van der Waals surface area contributed by atoms with Gasteiger partial charge < -0.3 is 0 Å². The molecule has 1 aliphatic rings. The van der Waals surface area contributed by atoms with Crippen LogP contribution >= 0.6 is 11.6 Å². The van der Waals surface area contributed by atoms with Crippen molar-refractivity contribution in [1.82, 2.24) is 0 Å². The number of aryl methyl sites for hydroxylation is 1. The fourth-order valence-corrected chi connectivity index (χ4v) is 3.03. The SMILES string of the molecule is Cc1cccc(C2CCC(Cl)C2C)c1C. The van der Waals surface area contributed by atoms with Crippen molar-refractivity contribution in [3.8, 4) is 0 Å². The Morgan fingerprint density at radius 2 is 1.93 bits per heavy atom. The van der Waals surface area contributed by atoms with E-state index in [1.54, 1.807) is 0 Å². The van der Waals surface area contributed by atoms with Gasteiger partial charge in [-0.1, -0.05) is 25.1 Å². The lowest BCUT2D eigenvalue weighted by molar-refractivity contribution is 0.535. The lowest BCUT2D eigenvalue weighted by Gasteiger charge is -2.20. The number of benzene rings is 1. The van der Waals surface area contributed by atoms with Gasteiger partial charge in [-0.15, -0.1) is 11.6 Å². The number of halogens is 1. The van der Waals surface area contributed by atoms with E-state index in [0.717, 1.165) is 0 Å². The molecule has 0 spiro atoms. The third-order valence-corrected chi connectivity index (χ3v) is 4.62. The minimum atomic E-state index is 0.370. The number of hydrogen-bond acceptors (Lipinski definition) is 0. The Morgan fingerprint density at radius 1 is 1.20 bits per heavy atom. The van der Waals surface area contributed by atoms with Gasteiger partial charge in [0, 0.05) is 5.38 Å². The first-order valence-corrected chi connectivity index (χ1v) is 6.25. The van der Waals surface area contributed by atoms with Gasteiger partial charge in [-0.05, 0) is 55.2 Å². The van der Waals surface area contributed by atoms with Crippen molar-refractivity contribution in [1.29, 1.82) is 0 Å². The summed E-state index contributed by atoms with van der Waals surface area (Å²) in [7, 11) is 0. The molecular formula is C14H19Cl. The zero-order valence-electron chi connectivity index (χ0n) is 9.76. The van der Waals surface area contributed by atoms with Gasteiger partial charge in [0.05, 0.1) is 0 Å². The quantitative estimate of drug-likeness (QED) is 0.617. The van der Waals surface area contributed by atoms with Crippen molar-refractivity contribution in [2.45, 2.75) is 44.9 Å². The average Bonchev–Trinajstić information content (AvgIpc) is 2.53. The summed E-state index contributed by atoms with van der Waals surface area (Å²) >= 11 is 6.30. The topological polar surface area (TPSA) is 0 Å². The number of alkyl halides is 1. The second-order valence-electron chi connectivity index (χ2n) is 4.85. The average molecular weight is 223 g/mol. The highest BCUT2D eigenvalue weighted by atomic mass is 35.5. The second kappa shape index (κ2) is 4.17. The molecule has 0 aliphatic heterocycles. The van der Waals surface area contributed by atoms with Crippen LogP contribution in [0.1, 0.15) is 42.4 Å². The Kier molecular flexibility index (Phi) is 3.06.